The Balaban J connectivity index is 1.88. The first-order valence-electron chi connectivity index (χ1n) is 8.91. The lowest BCUT2D eigenvalue weighted by molar-refractivity contribution is 0.0665. The van der Waals surface area contributed by atoms with Gasteiger partial charge in [0.2, 0.25) is 0 Å². The fourth-order valence-electron chi connectivity index (χ4n) is 3.27. The Bertz CT molecular complexity index is 926. The molecule has 2 aromatic rings. The van der Waals surface area contributed by atoms with Gasteiger partial charge in [-0.15, -0.1) is 0 Å². The molecular formula is C20H24BrNO4S. The number of furan rings is 1. The van der Waals surface area contributed by atoms with Gasteiger partial charge in [0.05, 0.1) is 18.1 Å². The van der Waals surface area contributed by atoms with Crippen molar-refractivity contribution in [3.63, 3.8) is 0 Å². The van der Waals surface area contributed by atoms with E-state index in [0.717, 1.165) is 5.56 Å². The number of rotatable bonds is 4. The Kier molecular flexibility index (Phi) is 5.54. The van der Waals surface area contributed by atoms with Gasteiger partial charge >= 0.3 is 0 Å². The molecule has 1 fully saturated rings. The smallest absolute Gasteiger partial charge is 0.254 e. The van der Waals surface area contributed by atoms with Gasteiger partial charge in [0, 0.05) is 11.6 Å². The number of hydrogen-bond donors (Lipinski definition) is 0. The van der Waals surface area contributed by atoms with E-state index in [9.17, 15) is 13.2 Å². The number of hydrogen-bond acceptors (Lipinski definition) is 4. The molecule has 1 aromatic carbocycles. The molecule has 0 saturated carbocycles. The van der Waals surface area contributed by atoms with Gasteiger partial charge in [-0.25, -0.2) is 8.42 Å². The van der Waals surface area contributed by atoms with Gasteiger partial charge in [-0.05, 0) is 57.6 Å². The average molecular weight is 454 g/mol. The number of amides is 1. The van der Waals surface area contributed by atoms with E-state index in [0.29, 0.717) is 22.4 Å². The second-order valence-electron chi connectivity index (χ2n) is 8.02. The predicted octanol–water partition coefficient (Wildman–Crippen LogP) is 4.17. The van der Waals surface area contributed by atoms with Crippen molar-refractivity contribution < 1.29 is 17.6 Å². The maximum atomic E-state index is 13.2. The highest BCUT2D eigenvalue weighted by Crippen LogP contribution is 2.26. The minimum atomic E-state index is -3.10. The van der Waals surface area contributed by atoms with Crippen LogP contribution in [0.2, 0.25) is 0 Å². The van der Waals surface area contributed by atoms with Crippen molar-refractivity contribution in [1.82, 2.24) is 4.90 Å². The van der Waals surface area contributed by atoms with Crippen LogP contribution in [0.1, 0.15) is 48.9 Å². The standard InChI is InChI=1S/C20H24BrNO4S/c1-20(2,3)15-6-4-14(5-7-15)19(23)22(12-17-8-9-18(21)26-17)16-10-11-27(24,25)13-16/h4-9,16H,10-13H2,1-3H3. The molecule has 1 atom stereocenters. The Hall–Kier alpha value is -1.60. The summed E-state index contributed by atoms with van der Waals surface area (Å²) in [6, 6.07) is 10.8. The molecule has 1 unspecified atom stereocenters. The van der Waals surface area contributed by atoms with Crippen LogP contribution in [0.3, 0.4) is 0 Å². The van der Waals surface area contributed by atoms with E-state index in [1.54, 1.807) is 17.0 Å². The van der Waals surface area contributed by atoms with Crippen LogP contribution >= 0.6 is 15.9 Å². The number of nitrogens with zero attached hydrogens (tertiary/aromatic N) is 1. The van der Waals surface area contributed by atoms with Crippen molar-refractivity contribution >= 4 is 31.7 Å². The summed E-state index contributed by atoms with van der Waals surface area (Å²) in [5.41, 5.74) is 1.70. The third kappa shape index (κ3) is 4.82. The quantitative estimate of drug-likeness (QED) is 0.696. The molecule has 2 heterocycles. The average Bonchev–Trinajstić information content (AvgIpc) is 3.16. The molecule has 1 amide bonds. The van der Waals surface area contributed by atoms with E-state index >= 15 is 0 Å². The molecule has 0 aliphatic carbocycles. The fourth-order valence-corrected chi connectivity index (χ4v) is 5.34. The van der Waals surface area contributed by atoms with Crippen LogP contribution < -0.4 is 0 Å². The molecule has 0 N–H and O–H groups in total. The van der Waals surface area contributed by atoms with Crippen LogP contribution in [0.5, 0.6) is 0 Å². The summed E-state index contributed by atoms with van der Waals surface area (Å²) >= 11 is 3.27. The zero-order valence-electron chi connectivity index (χ0n) is 15.7. The van der Waals surface area contributed by atoms with E-state index in [1.807, 2.05) is 24.3 Å². The number of sulfone groups is 1. The normalized spacial score (nSPS) is 19.2. The molecular weight excluding hydrogens is 430 g/mol. The third-order valence-electron chi connectivity index (χ3n) is 4.86. The van der Waals surface area contributed by atoms with E-state index < -0.39 is 9.84 Å². The zero-order chi connectivity index (χ0) is 19.8. The number of carbonyl (C=O) groups excluding carboxylic acids is 1. The molecule has 1 aliphatic heterocycles. The lowest BCUT2D eigenvalue weighted by Gasteiger charge is -2.28. The van der Waals surface area contributed by atoms with Gasteiger partial charge in [0.1, 0.15) is 5.76 Å². The van der Waals surface area contributed by atoms with Crippen LogP contribution in [0.25, 0.3) is 0 Å². The third-order valence-corrected chi connectivity index (χ3v) is 7.04. The van der Waals surface area contributed by atoms with Crippen LogP contribution in [0.15, 0.2) is 45.5 Å². The van der Waals surface area contributed by atoms with Crippen LogP contribution in [0, 0.1) is 0 Å². The minimum absolute atomic E-state index is 0.000687. The largest absolute Gasteiger partial charge is 0.452 e. The van der Waals surface area contributed by atoms with Gasteiger partial charge in [0.15, 0.2) is 14.5 Å². The highest BCUT2D eigenvalue weighted by molar-refractivity contribution is 9.10. The van der Waals surface area contributed by atoms with Crippen molar-refractivity contribution in [1.29, 1.82) is 0 Å². The molecule has 1 aromatic heterocycles. The van der Waals surface area contributed by atoms with Crippen molar-refractivity contribution in [2.45, 2.75) is 45.2 Å². The Morgan fingerprint density at radius 1 is 1.19 bits per heavy atom. The lowest BCUT2D eigenvalue weighted by Crippen LogP contribution is -2.40. The van der Waals surface area contributed by atoms with Gasteiger partial charge < -0.3 is 9.32 Å². The number of halogens is 1. The van der Waals surface area contributed by atoms with E-state index in [4.69, 9.17) is 4.42 Å². The summed E-state index contributed by atoms with van der Waals surface area (Å²) in [5, 5.41) is 0. The zero-order valence-corrected chi connectivity index (χ0v) is 18.1. The first kappa shape index (κ1) is 20.1. The molecule has 1 aliphatic rings. The highest BCUT2D eigenvalue weighted by Gasteiger charge is 2.35. The number of carbonyl (C=O) groups is 1. The molecule has 7 heteroatoms. The Morgan fingerprint density at radius 2 is 1.85 bits per heavy atom. The second-order valence-corrected chi connectivity index (χ2v) is 11.0. The van der Waals surface area contributed by atoms with E-state index in [1.165, 1.54) is 0 Å². The minimum Gasteiger partial charge on any atom is -0.452 e. The number of benzene rings is 1. The molecule has 0 spiro atoms. The molecule has 0 bridgehead atoms. The highest BCUT2D eigenvalue weighted by atomic mass is 79.9. The summed E-state index contributed by atoms with van der Waals surface area (Å²) in [5.74, 6) is 0.559. The van der Waals surface area contributed by atoms with Gasteiger partial charge in [0.25, 0.3) is 5.91 Å². The van der Waals surface area contributed by atoms with Crippen LogP contribution in [0.4, 0.5) is 0 Å². The maximum absolute atomic E-state index is 13.2. The van der Waals surface area contributed by atoms with E-state index in [-0.39, 0.29) is 35.4 Å². The maximum Gasteiger partial charge on any atom is 0.254 e. The first-order valence-corrected chi connectivity index (χ1v) is 11.5. The lowest BCUT2D eigenvalue weighted by atomic mass is 9.86. The Morgan fingerprint density at radius 3 is 2.33 bits per heavy atom. The van der Waals surface area contributed by atoms with Crippen molar-refractivity contribution in [3.05, 3.63) is 58.0 Å². The molecule has 5 nitrogen and oxygen atoms in total. The summed E-state index contributed by atoms with van der Waals surface area (Å²) in [7, 11) is -3.10. The van der Waals surface area contributed by atoms with Gasteiger partial charge in [-0.3, -0.25) is 4.79 Å². The molecule has 146 valence electrons. The van der Waals surface area contributed by atoms with Crippen LogP contribution in [-0.2, 0) is 21.8 Å². The second kappa shape index (κ2) is 7.43. The van der Waals surface area contributed by atoms with Crippen molar-refractivity contribution in [2.75, 3.05) is 11.5 Å². The van der Waals surface area contributed by atoms with Gasteiger partial charge in [-0.1, -0.05) is 32.9 Å². The van der Waals surface area contributed by atoms with E-state index in [2.05, 4.69) is 36.7 Å². The van der Waals surface area contributed by atoms with Crippen LogP contribution in [-0.4, -0.2) is 36.8 Å². The van der Waals surface area contributed by atoms with Crippen molar-refractivity contribution in [2.24, 2.45) is 0 Å². The SMILES string of the molecule is CC(C)(C)c1ccc(C(=O)N(Cc2ccc(Br)o2)C2CCS(=O)(=O)C2)cc1. The molecule has 3 rings (SSSR count). The van der Waals surface area contributed by atoms with Gasteiger partial charge in [-0.2, -0.15) is 0 Å². The Labute approximate surface area is 168 Å². The summed E-state index contributed by atoms with van der Waals surface area (Å²) < 4.78 is 30.0. The monoisotopic (exact) mass is 453 g/mol. The summed E-state index contributed by atoms with van der Waals surface area (Å²) in [4.78, 5) is 14.8. The summed E-state index contributed by atoms with van der Waals surface area (Å²) in [6.45, 7) is 6.60. The first-order chi connectivity index (χ1) is 12.5. The summed E-state index contributed by atoms with van der Waals surface area (Å²) in [6.07, 6.45) is 0.454. The predicted molar refractivity (Wildman–Crippen MR) is 108 cm³/mol. The topological polar surface area (TPSA) is 67.6 Å². The molecule has 1 saturated heterocycles. The van der Waals surface area contributed by atoms with Crippen molar-refractivity contribution in [3.8, 4) is 0 Å². The fraction of sp³-hybridized carbons (Fsp3) is 0.450. The molecule has 27 heavy (non-hydrogen) atoms. The molecule has 0 radical (unpaired) electrons.